The number of carbonyl (C=O) groups is 1. The molecule has 2 aromatic heterocycles. The molecule has 0 spiro atoms. The molecule has 7 heteroatoms. The van der Waals surface area contributed by atoms with Crippen LogP contribution in [0.5, 0.6) is 0 Å². The molecule has 0 bridgehead atoms. The van der Waals surface area contributed by atoms with Crippen LogP contribution in [0, 0.1) is 6.92 Å². The molecular formula is C15H22N6O. The standard InChI is InChI=1S/C15H22N6O/c1-12-13(8-19(2)18-12)5-6-15(22)20-7-3-4-14(9-20)21-11-16-10-17-21/h8,10-11,14H,3-7,9H2,1-2H3/t14-/m1/s1. The van der Waals surface area contributed by atoms with Crippen LogP contribution in [0.15, 0.2) is 18.9 Å². The molecule has 22 heavy (non-hydrogen) atoms. The molecule has 7 nitrogen and oxygen atoms in total. The minimum Gasteiger partial charge on any atom is -0.341 e. The lowest BCUT2D eigenvalue weighted by Gasteiger charge is -2.32. The minimum atomic E-state index is 0.216. The predicted molar refractivity (Wildman–Crippen MR) is 81.1 cm³/mol. The topological polar surface area (TPSA) is 68.8 Å². The van der Waals surface area contributed by atoms with Crippen molar-refractivity contribution < 1.29 is 4.79 Å². The third kappa shape index (κ3) is 3.18. The molecule has 0 radical (unpaired) electrons. The van der Waals surface area contributed by atoms with E-state index >= 15 is 0 Å². The maximum Gasteiger partial charge on any atom is 0.222 e. The maximum absolute atomic E-state index is 12.5. The number of piperidine rings is 1. The highest BCUT2D eigenvalue weighted by molar-refractivity contribution is 5.76. The lowest BCUT2D eigenvalue weighted by molar-refractivity contribution is -0.132. The predicted octanol–water partition coefficient (Wildman–Crippen LogP) is 1.12. The summed E-state index contributed by atoms with van der Waals surface area (Å²) >= 11 is 0. The van der Waals surface area contributed by atoms with E-state index in [9.17, 15) is 4.79 Å². The van der Waals surface area contributed by atoms with E-state index in [1.165, 1.54) is 0 Å². The van der Waals surface area contributed by atoms with Crippen LogP contribution >= 0.6 is 0 Å². The molecule has 0 aliphatic carbocycles. The quantitative estimate of drug-likeness (QED) is 0.848. The molecule has 118 valence electrons. The van der Waals surface area contributed by atoms with Crippen molar-refractivity contribution in [2.45, 2.75) is 38.6 Å². The second-order valence-corrected chi connectivity index (χ2v) is 5.92. The summed E-state index contributed by atoms with van der Waals surface area (Å²) in [4.78, 5) is 18.4. The number of nitrogens with zero attached hydrogens (tertiary/aromatic N) is 6. The molecule has 3 heterocycles. The van der Waals surface area contributed by atoms with Gasteiger partial charge in [0.1, 0.15) is 12.7 Å². The van der Waals surface area contributed by atoms with Gasteiger partial charge in [-0.2, -0.15) is 10.2 Å². The molecule has 0 N–H and O–H groups in total. The zero-order valence-electron chi connectivity index (χ0n) is 13.1. The van der Waals surface area contributed by atoms with Crippen LogP contribution in [0.2, 0.25) is 0 Å². The van der Waals surface area contributed by atoms with Crippen molar-refractivity contribution in [2.75, 3.05) is 13.1 Å². The van der Waals surface area contributed by atoms with Gasteiger partial charge in [0, 0.05) is 32.8 Å². The Bertz CT molecular complexity index is 633. The highest BCUT2D eigenvalue weighted by atomic mass is 16.2. The van der Waals surface area contributed by atoms with E-state index in [1.807, 2.05) is 29.7 Å². The van der Waals surface area contributed by atoms with Crippen molar-refractivity contribution in [1.82, 2.24) is 29.4 Å². The monoisotopic (exact) mass is 302 g/mol. The molecule has 1 fully saturated rings. The Morgan fingerprint density at radius 2 is 2.32 bits per heavy atom. The fraction of sp³-hybridized carbons (Fsp3) is 0.600. The normalized spacial score (nSPS) is 18.6. The van der Waals surface area contributed by atoms with Crippen LogP contribution < -0.4 is 0 Å². The summed E-state index contributed by atoms with van der Waals surface area (Å²) in [6.07, 6.45) is 8.64. The van der Waals surface area contributed by atoms with Gasteiger partial charge < -0.3 is 4.90 Å². The van der Waals surface area contributed by atoms with Gasteiger partial charge in [0.05, 0.1) is 11.7 Å². The van der Waals surface area contributed by atoms with Crippen LogP contribution in [-0.2, 0) is 18.3 Å². The largest absolute Gasteiger partial charge is 0.341 e. The van der Waals surface area contributed by atoms with Gasteiger partial charge >= 0.3 is 0 Å². The zero-order valence-corrected chi connectivity index (χ0v) is 13.1. The highest BCUT2D eigenvalue weighted by Crippen LogP contribution is 2.21. The Hall–Kier alpha value is -2.18. The van der Waals surface area contributed by atoms with Gasteiger partial charge in [-0.25, -0.2) is 9.67 Å². The Balaban J connectivity index is 1.56. The van der Waals surface area contributed by atoms with Crippen LogP contribution in [0.25, 0.3) is 0 Å². The van der Waals surface area contributed by atoms with Gasteiger partial charge in [0.15, 0.2) is 0 Å². The fourth-order valence-electron chi connectivity index (χ4n) is 3.10. The number of amides is 1. The van der Waals surface area contributed by atoms with Gasteiger partial charge in [0.2, 0.25) is 5.91 Å². The van der Waals surface area contributed by atoms with E-state index in [0.29, 0.717) is 6.42 Å². The molecule has 0 unspecified atom stereocenters. The number of carbonyl (C=O) groups excluding carboxylic acids is 1. The summed E-state index contributed by atoms with van der Waals surface area (Å²) in [5.74, 6) is 0.216. The first-order valence-electron chi connectivity index (χ1n) is 7.74. The van der Waals surface area contributed by atoms with Gasteiger partial charge in [0.25, 0.3) is 0 Å². The summed E-state index contributed by atoms with van der Waals surface area (Å²) in [5.41, 5.74) is 2.16. The second kappa shape index (κ2) is 6.29. The molecule has 1 saturated heterocycles. The Morgan fingerprint density at radius 3 is 3.00 bits per heavy atom. The first-order chi connectivity index (χ1) is 10.6. The molecular weight excluding hydrogens is 280 g/mol. The van der Waals surface area contributed by atoms with E-state index < -0.39 is 0 Å². The summed E-state index contributed by atoms with van der Waals surface area (Å²) in [6.45, 7) is 3.56. The number of aromatic nitrogens is 5. The number of likely N-dealkylation sites (tertiary alicyclic amines) is 1. The Labute approximate surface area is 129 Å². The van der Waals surface area contributed by atoms with Gasteiger partial charge in [-0.05, 0) is 31.7 Å². The molecule has 1 aliphatic rings. The molecule has 3 rings (SSSR count). The average molecular weight is 302 g/mol. The third-order valence-corrected chi connectivity index (χ3v) is 4.28. The zero-order chi connectivity index (χ0) is 15.5. The summed E-state index contributed by atoms with van der Waals surface area (Å²) in [7, 11) is 1.91. The fourth-order valence-corrected chi connectivity index (χ4v) is 3.10. The van der Waals surface area contributed by atoms with Crippen molar-refractivity contribution in [2.24, 2.45) is 7.05 Å². The summed E-state index contributed by atoms with van der Waals surface area (Å²) in [6, 6.07) is 0.250. The highest BCUT2D eigenvalue weighted by Gasteiger charge is 2.25. The number of aryl methyl sites for hydroxylation is 3. The van der Waals surface area contributed by atoms with Gasteiger partial charge in [-0.3, -0.25) is 9.48 Å². The first-order valence-corrected chi connectivity index (χ1v) is 7.74. The lowest BCUT2D eigenvalue weighted by Crippen LogP contribution is -2.40. The van der Waals surface area contributed by atoms with Crippen LogP contribution in [0.3, 0.4) is 0 Å². The van der Waals surface area contributed by atoms with Crippen LogP contribution in [-0.4, -0.2) is 48.4 Å². The Kier molecular flexibility index (Phi) is 4.22. The van der Waals surface area contributed by atoms with Crippen molar-refractivity contribution in [3.05, 3.63) is 30.1 Å². The second-order valence-electron chi connectivity index (χ2n) is 5.92. The molecule has 2 aromatic rings. The maximum atomic E-state index is 12.5. The van der Waals surface area contributed by atoms with E-state index in [4.69, 9.17) is 0 Å². The molecule has 0 aromatic carbocycles. The summed E-state index contributed by atoms with van der Waals surface area (Å²) in [5, 5.41) is 8.52. The molecule has 1 aliphatic heterocycles. The van der Waals surface area contributed by atoms with Gasteiger partial charge in [-0.1, -0.05) is 0 Å². The van der Waals surface area contributed by atoms with Crippen LogP contribution in [0.4, 0.5) is 0 Å². The van der Waals surface area contributed by atoms with Gasteiger partial charge in [-0.15, -0.1) is 0 Å². The lowest BCUT2D eigenvalue weighted by atomic mass is 10.0. The van der Waals surface area contributed by atoms with E-state index in [0.717, 1.165) is 43.6 Å². The summed E-state index contributed by atoms with van der Waals surface area (Å²) < 4.78 is 3.67. The van der Waals surface area contributed by atoms with Crippen molar-refractivity contribution >= 4 is 5.91 Å². The van der Waals surface area contributed by atoms with Crippen LogP contribution in [0.1, 0.15) is 36.6 Å². The molecule has 1 atom stereocenters. The van der Waals surface area contributed by atoms with Crippen molar-refractivity contribution in [3.63, 3.8) is 0 Å². The number of hydrogen-bond donors (Lipinski definition) is 0. The smallest absolute Gasteiger partial charge is 0.222 e. The van der Waals surface area contributed by atoms with E-state index in [-0.39, 0.29) is 11.9 Å². The van der Waals surface area contributed by atoms with E-state index in [2.05, 4.69) is 15.2 Å². The SMILES string of the molecule is Cc1nn(C)cc1CCC(=O)N1CCC[C@@H](n2cncn2)C1. The van der Waals surface area contributed by atoms with Crippen molar-refractivity contribution in [1.29, 1.82) is 0 Å². The van der Waals surface area contributed by atoms with Crippen molar-refractivity contribution in [3.8, 4) is 0 Å². The average Bonchev–Trinajstić information content (AvgIpc) is 3.15. The molecule has 0 saturated carbocycles. The molecule has 1 amide bonds. The minimum absolute atomic E-state index is 0.216. The third-order valence-electron chi connectivity index (χ3n) is 4.28. The number of hydrogen-bond acceptors (Lipinski definition) is 4. The number of rotatable bonds is 4. The Morgan fingerprint density at radius 1 is 1.45 bits per heavy atom. The van der Waals surface area contributed by atoms with E-state index in [1.54, 1.807) is 17.3 Å². The first kappa shape index (κ1) is 14.7.